The van der Waals surface area contributed by atoms with Crippen LogP contribution >= 0.6 is 0 Å². The van der Waals surface area contributed by atoms with Crippen molar-refractivity contribution in [2.45, 2.75) is 0 Å². The monoisotopic (exact) mass is 211 g/mol. The van der Waals surface area contributed by atoms with Crippen molar-refractivity contribution in [3.05, 3.63) is 59.5 Å². The minimum absolute atomic E-state index is 0.472. The van der Waals surface area contributed by atoms with Crippen LogP contribution in [-0.4, -0.2) is 11.4 Å². The van der Waals surface area contributed by atoms with Gasteiger partial charge in [0.1, 0.15) is 12.0 Å². The van der Waals surface area contributed by atoms with E-state index in [1.807, 2.05) is 30.3 Å². The van der Waals surface area contributed by atoms with E-state index >= 15 is 0 Å². The fraction of sp³-hybridized carbons (Fsp3) is 0. The van der Waals surface area contributed by atoms with Crippen LogP contribution in [0.5, 0.6) is 0 Å². The van der Waals surface area contributed by atoms with Gasteiger partial charge in [0.2, 0.25) is 0 Å². The average Bonchev–Trinajstić information content (AvgIpc) is 2.76. The van der Waals surface area contributed by atoms with Crippen molar-refractivity contribution in [2.75, 3.05) is 0 Å². The van der Waals surface area contributed by atoms with Gasteiger partial charge < -0.3 is 9.62 Å². The van der Waals surface area contributed by atoms with Crippen LogP contribution < -0.4 is 0 Å². The third-order valence-corrected chi connectivity index (χ3v) is 1.92. The Balaban J connectivity index is 2.18. The fourth-order valence-electron chi connectivity index (χ4n) is 1.20. The maximum absolute atomic E-state index is 8.31. The molecule has 1 heterocycles. The summed E-state index contributed by atoms with van der Waals surface area (Å²) in [5.74, 6) is 6.86. The second kappa shape index (κ2) is 4.85. The Hall–Kier alpha value is -2.47. The van der Waals surface area contributed by atoms with Crippen LogP contribution in [0.1, 0.15) is 17.1 Å². The average molecular weight is 211 g/mol. The summed E-state index contributed by atoms with van der Waals surface area (Å²) in [4.78, 5) is 0. The smallest absolute Gasteiger partial charge is 0.177 e. The van der Waals surface area contributed by atoms with Crippen molar-refractivity contribution in [3.8, 4) is 11.8 Å². The van der Waals surface area contributed by atoms with Gasteiger partial charge in [-0.3, -0.25) is 0 Å². The number of nitrogens with zero attached hydrogens (tertiary/aromatic N) is 1. The lowest BCUT2D eigenvalue weighted by Crippen LogP contribution is -1.73. The first kappa shape index (κ1) is 10.1. The zero-order chi connectivity index (χ0) is 11.2. The Morgan fingerprint density at radius 3 is 2.62 bits per heavy atom. The molecule has 1 N–H and O–H groups in total. The van der Waals surface area contributed by atoms with Gasteiger partial charge in [0, 0.05) is 5.56 Å². The minimum Gasteiger partial charge on any atom is -0.447 e. The zero-order valence-corrected chi connectivity index (χ0v) is 8.42. The molecule has 0 fully saturated rings. The molecule has 0 radical (unpaired) electrons. The van der Waals surface area contributed by atoms with E-state index < -0.39 is 0 Å². The summed E-state index contributed by atoms with van der Waals surface area (Å²) in [5, 5.41) is 11.2. The summed E-state index contributed by atoms with van der Waals surface area (Å²) in [7, 11) is 0. The SMILES string of the molecule is ON=Cc1ccc(C#Cc2ccccc2)o1. The third-order valence-electron chi connectivity index (χ3n) is 1.92. The van der Waals surface area contributed by atoms with Crippen LogP contribution in [-0.2, 0) is 0 Å². The van der Waals surface area contributed by atoms with E-state index in [1.54, 1.807) is 12.1 Å². The van der Waals surface area contributed by atoms with Crippen LogP contribution in [0.4, 0.5) is 0 Å². The van der Waals surface area contributed by atoms with Gasteiger partial charge in [-0.05, 0) is 30.2 Å². The Labute approximate surface area is 93.0 Å². The lowest BCUT2D eigenvalue weighted by molar-refractivity contribution is 0.320. The van der Waals surface area contributed by atoms with E-state index in [1.165, 1.54) is 6.21 Å². The predicted octanol–water partition coefficient (Wildman–Crippen LogP) is 2.49. The van der Waals surface area contributed by atoms with Gasteiger partial charge in [-0.1, -0.05) is 29.3 Å². The summed E-state index contributed by atoms with van der Waals surface area (Å²) in [5.41, 5.74) is 0.927. The van der Waals surface area contributed by atoms with Crippen LogP contribution in [0.15, 0.2) is 52.0 Å². The number of oxime groups is 1. The van der Waals surface area contributed by atoms with E-state index in [4.69, 9.17) is 9.62 Å². The van der Waals surface area contributed by atoms with Crippen molar-refractivity contribution in [3.63, 3.8) is 0 Å². The first-order valence-electron chi connectivity index (χ1n) is 4.73. The van der Waals surface area contributed by atoms with E-state index in [-0.39, 0.29) is 0 Å². The Bertz CT molecular complexity index is 544. The van der Waals surface area contributed by atoms with Gasteiger partial charge in [0.25, 0.3) is 0 Å². The summed E-state index contributed by atoms with van der Waals surface area (Å²) in [6.45, 7) is 0. The summed E-state index contributed by atoms with van der Waals surface area (Å²) >= 11 is 0. The first-order valence-corrected chi connectivity index (χ1v) is 4.73. The topological polar surface area (TPSA) is 45.7 Å². The second-order valence-corrected chi connectivity index (χ2v) is 3.06. The van der Waals surface area contributed by atoms with Crippen molar-refractivity contribution in [1.82, 2.24) is 0 Å². The Kier molecular flexibility index (Phi) is 3.05. The molecular weight excluding hydrogens is 202 g/mol. The molecule has 0 unspecified atom stereocenters. The molecule has 2 aromatic rings. The number of benzene rings is 1. The van der Waals surface area contributed by atoms with Crippen molar-refractivity contribution >= 4 is 6.21 Å². The maximum Gasteiger partial charge on any atom is 0.177 e. The van der Waals surface area contributed by atoms with Crippen LogP contribution in [0.2, 0.25) is 0 Å². The maximum atomic E-state index is 8.31. The number of hydrogen-bond acceptors (Lipinski definition) is 3. The highest BCUT2D eigenvalue weighted by Crippen LogP contribution is 2.04. The van der Waals surface area contributed by atoms with Crippen LogP contribution in [0.3, 0.4) is 0 Å². The molecule has 3 heteroatoms. The molecule has 1 aromatic heterocycles. The molecule has 78 valence electrons. The molecule has 0 saturated heterocycles. The molecule has 0 spiro atoms. The molecule has 3 nitrogen and oxygen atoms in total. The predicted molar refractivity (Wildman–Crippen MR) is 60.5 cm³/mol. The highest BCUT2D eigenvalue weighted by molar-refractivity contribution is 5.75. The molecule has 1 aromatic carbocycles. The van der Waals surface area contributed by atoms with Gasteiger partial charge in [-0.2, -0.15) is 0 Å². The lowest BCUT2D eigenvalue weighted by atomic mass is 10.2. The molecule has 0 bridgehead atoms. The highest BCUT2D eigenvalue weighted by Gasteiger charge is 1.95. The zero-order valence-electron chi connectivity index (χ0n) is 8.42. The largest absolute Gasteiger partial charge is 0.447 e. The molecule has 2 rings (SSSR count). The van der Waals surface area contributed by atoms with Gasteiger partial charge >= 0.3 is 0 Å². The van der Waals surface area contributed by atoms with Crippen LogP contribution in [0.25, 0.3) is 0 Å². The van der Waals surface area contributed by atoms with E-state index in [2.05, 4.69) is 17.0 Å². The molecule has 16 heavy (non-hydrogen) atoms. The number of rotatable bonds is 1. The van der Waals surface area contributed by atoms with E-state index in [0.717, 1.165) is 5.56 Å². The first-order chi connectivity index (χ1) is 7.88. The third kappa shape index (κ3) is 2.52. The van der Waals surface area contributed by atoms with Crippen molar-refractivity contribution in [1.29, 1.82) is 0 Å². The van der Waals surface area contributed by atoms with Gasteiger partial charge in [0.05, 0.1) is 0 Å². The summed E-state index contributed by atoms with van der Waals surface area (Å²) in [6, 6.07) is 13.1. The fourth-order valence-corrected chi connectivity index (χ4v) is 1.20. The molecular formula is C13H9NO2. The minimum atomic E-state index is 0.472. The number of furan rings is 1. The highest BCUT2D eigenvalue weighted by atomic mass is 16.4. The van der Waals surface area contributed by atoms with E-state index in [9.17, 15) is 0 Å². The Morgan fingerprint density at radius 2 is 1.88 bits per heavy atom. The molecule has 0 atom stereocenters. The second-order valence-electron chi connectivity index (χ2n) is 3.06. The molecule has 0 aliphatic carbocycles. The Morgan fingerprint density at radius 1 is 1.06 bits per heavy atom. The summed E-state index contributed by atoms with van der Waals surface area (Å²) < 4.78 is 5.26. The van der Waals surface area contributed by atoms with Crippen LogP contribution in [0, 0.1) is 11.8 Å². The quantitative estimate of drug-likeness (QED) is 0.341. The number of hydrogen-bond donors (Lipinski definition) is 1. The normalized spacial score (nSPS) is 10.0. The summed E-state index contributed by atoms with van der Waals surface area (Å²) in [6.07, 6.45) is 1.22. The lowest BCUT2D eigenvalue weighted by Gasteiger charge is -1.85. The molecule has 0 saturated carbocycles. The molecule has 0 aliphatic rings. The van der Waals surface area contributed by atoms with E-state index in [0.29, 0.717) is 11.5 Å². The van der Waals surface area contributed by atoms with Crippen molar-refractivity contribution < 1.29 is 9.62 Å². The van der Waals surface area contributed by atoms with Crippen molar-refractivity contribution in [2.24, 2.45) is 5.16 Å². The molecule has 0 aliphatic heterocycles. The van der Waals surface area contributed by atoms with Gasteiger partial charge in [-0.15, -0.1) is 0 Å². The van der Waals surface area contributed by atoms with Gasteiger partial charge in [0.15, 0.2) is 5.76 Å². The molecule has 0 amide bonds. The van der Waals surface area contributed by atoms with Gasteiger partial charge in [-0.25, -0.2) is 0 Å². The standard InChI is InChI=1S/C13H9NO2/c15-14-10-13-9-8-12(16-13)7-6-11-4-2-1-3-5-11/h1-5,8-10,15H.